The number of nitrogens with one attached hydrogen (secondary N) is 1. The number of hydrogen-bond acceptors (Lipinski definition) is 3. The standard InChI is InChI=1S/C13H21N3/c1-10(2)12-8-13(16-9-15-12)14-7-3-4-11-5-6-11/h8-11H,3-7H2,1-2H3,(H,14,15,16). The first-order valence-corrected chi connectivity index (χ1v) is 6.31. The summed E-state index contributed by atoms with van der Waals surface area (Å²) in [4.78, 5) is 8.49. The van der Waals surface area contributed by atoms with Crippen LogP contribution < -0.4 is 5.32 Å². The van der Waals surface area contributed by atoms with Gasteiger partial charge in [0.25, 0.3) is 0 Å². The number of rotatable bonds is 6. The molecule has 1 aliphatic rings. The van der Waals surface area contributed by atoms with E-state index in [-0.39, 0.29) is 0 Å². The van der Waals surface area contributed by atoms with Crippen molar-refractivity contribution in [3.8, 4) is 0 Å². The van der Waals surface area contributed by atoms with Gasteiger partial charge in [0.05, 0.1) is 0 Å². The molecule has 1 aromatic heterocycles. The van der Waals surface area contributed by atoms with Crippen LogP contribution in [-0.2, 0) is 0 Å². The van der Waals surface area contributed by atoms with Crippen molar-refractivity contribution >= 4 is 5.82 Å². The van der Waals surface area contributed by atoms with E-state index in [1.807, 2.05) is 0 Å². The summed E-state index contributed by atoms with van der Waals surface area (Å²) in [6.45, 7) is 5.34. The third-order valence-corrected chi connectivity index (χ3v) is 3.07. The Kier molecular flexibility index (Phi) is 3.75. The highest BCUT2D eigenvalue weighted by molar-refractivity contribution is 5.35. The quantitative estimate of drug-likeness (QED) is 0.747. The van der Waals surface area contributed by atoms with Crippen LogP contribution in [0.4, 0.5) is 5.82 Å². The van der Waals surface area contributed by atoms with Crippen LogP contribution in [0, 0.1) is 5.92 Å². The summed E-state index contributed by atoms with van der Waals surface area (Å²) in [6, 6.07) is 2.06. The predicted molar refractivity (Wildman–Crippen MR) is 66.6 cm³/mol. The van der Waals surface area contributed by atoms with E-state index in [1.54, 1.807) is 6.33 Å². The summed E-state index contributed by atoms with van der Waals surface area (Å²) in [5, 5.41) is 3.37. The molecule has 0 radical (unpaired) electrons. The smallest absolute Gasteiger partial charge is 0.129 e. The Hall–Kier alpha value is -1.12. The lowest BCUT2D eigenvalue weighted by Crippen LogP contribution is -2.05. The summed E-state index contributed by atoms with van der Waals surface area (Å²) < 4.78 is 0. The average Bonchev–Trinajstić information content (AvgIpc) is 3.09. The van der Waals surface area contributed by atoms with Crippen LogP contribution in [0.5, 0.6) is 0 Å². The van der Waals surface area contributed by atoms with E-state index in [0.717, 1.165) is 24.0 Å². The zero-order valence-electron chi connectivity index (χ0n) is 10.2. The fourth-order valence-electron chi connectivity index (χ4n) is 1.80. The fraction of sp³-hybridized carbons (Fsp3) is 0.692. The molecule has 1 aromatic rings. The van der Waals surface area contributed by atoms with Crippen molar-refractivity contribution in [3.63, 3.8) is 0 Å². The molecule has 0 unspecified atom stereocenters. The Bertz CT molecular complexity index is 332. The van der Waals surface area contributed by atoms with Crippen LogP contribution in [0.25, 0.3) is 0 Å². The molecule has 0 aromatic carbocycles. The van der Waals surface area contributed by atoms with E-state index in [0.29, 0.717) is 5.92 Å². The van der Waals surface area contributed by atoms with Gasteiger partial charge in [-0.3, -0.25) is 0 Å². The van der Waals surface area contributed by atoms with Gasteiger partial charge in [-0.05, 0) is 24.7 Å². The van der Waals surface area contributed by atoms with Gasteiger partial charge in [0.15, 0.2) is 0 Å². The molecule has 0 spiro atoms. The summed E-state index contributed by atoms with van der Waals surface area (Å²) in [5.74, 6) is 2.46. The first-order valence-electron chi connectivity index (χ1n) is 6.31. The average molecular weight is 219 g/mol. The van der Waals surface area contributed by atoms with E-state index >= 15 is 0 Å². The second-order valence-corrected chi connectivity index (χ2v) is 5.00. The molecular formula is C13H21N3. The molecule has 3 heteroatoms. The largest absolute Gasteiger partial charge is 0.370 e. The van der Waals surface area contributed by atoms with Gasteiger partial charge in [-0.2, -0.15) is 0 Å². The molecule has 3 nitrogen and oxygen atoms in total. The van der Waals surface area contributed by atoms with Crippen molar-refractivity contribution in [2.24, 2.45) is 5.92 Å². The van der Waals surface area contributed by atoms with E-state index in [1.165, 1.54) is 25.7 Å². The van der Waals surface area contributed by atoms with Gasteiger partial charge < -0.3 is 5.32 Å². The van der Waals surface area contributed by atoms with Gasteiger partial charge in [-0.25, -0.2) is 9.97 Å². The van der Waals surface area contributed by atoms with E-state index in [9.17, 15) is 0 Å². The van der Waals surface area contributed by atoms with Gasteiger partial charge in [-0.1, -0.05) is 26.7 Å². The number of nitrogens with zero attached hydrogens (tertiary/aromatic N) is 2. The summed E-state index contributed by atoms with van der Waals surface area (Å²) in [5.41, 5.74) is 1.11. The molecule has 1 N–H and O–H groups in total. The zero-order chi connectivity index (χ0) is 11.4. The van der Waals surface area contributed by atoms with Crippen molar-refractivity contribution in [1.82, 2.24) is 9.97 Å². The fourth-order valence-corrected chi connectivity index (χ4v) is 1.80. The van der Waals surface area contributed by atoms with Gasteiger partial charge in [-0.15, -0.1) is 0 Å². The highest BCUT2D eigenvalue weighted by Crippen LogP contribution is 2.33. The normalized spacial score (nSPS) is 15.4. The molecule has 88 valence electrons. The monoisotopic (exact) mass is 219 g/mol. The molecule has 0 aliphatic heterocycles. The molecule has 1 heterocycles. The third kappa shape index (κ3) is 3.47. The Labute approximate surface area is 97.7 Å². The topological polar surface area (TPSA) is 37.8 Å². The second-order valence-electron chi connectivity index (χ2n) is 5.00. The van der Waals surface area contributed by atoms with E-state index < -0.39 is 0 Å². The molecule has 0 amide bonds. The molecular weight excluding hydrogens is 198 g/mol. The summed E-state index contributed by atoms with van der Waals surface area (Å²) >= 11 is 0. The molecule has 1 fully saturated rings. The lowest BCUT2D eigenvalue weighted by molar-refractivity contribution is 0.686. The molecule has 1 saturated carbocycles. The van der Waals surface area contributed by atoms with Crippen LogP contribution in [0.3, 0.4) is 0 Å². The lowest BCUT2D eigenvalue weighted by atomic mass is 10.1. The SMILES string of the molecule is CC(C)c1cc(NCCCC2CC2)ncn1. The molecule has 16 heavy (non-hydrogen) atoms. The van der Waals surface area contributed by atoms with Crippen molar-refractivity contribution in [2.45, 2.75) is 45.4 Å². The second kappa shape index (κ2) is 5.28. The number of aromatic nitrogens is 2. The molecule has 2 rings (SSSR count). The minimum atomic E-state index is 0.468. The Morgan fingerprint density at radius 2 is 2.19 bits per heavy atom. The molecule has 1 aliphatic carbocycles. The Balaban J connectivity index is 1.76. The van der Waals surface area contributed by atoms with Gasteiger partial charge >= 0.3 is 0 Å². The number of anilines is 1. The first-order chi connectivity index (χ1) is 7.75. The van der Waals surface area contributed by atoms with Crippen molar-refractivity contribution in [1.29, 1.82) is 0 Å². The summed E-state index contributed by atoms with van der Waals surface area (Å²) in [7, 11) is 0. The Morgan fingerprint density at radius 1 is 1.38 bits per heavy atom. The minimum Gasteiger partial charge on any atom is -0.370 e. The van der Waals surface area contributed by atoms with Gasteiger partial charge in [0, 0.05) is 18.3 Å². The molecule has 0 bridgehead atoms. The molecule has 0 atom stereocenters. The van der Waals surface area contributed by atoms with Crippen LogP contribution in [-0.4, -0.2) is 16.5 Å². The molecule has 0 saturated heterocycles. The maximum atomic E-state index is 4.25. The minimum absolute atomic E-state index is 0.468. The van der Waals surface area contributed by atoms with Crippen LogP contribution in [0.15, 0.2) is 12.4 Å². The predicted octanol–water partition coefficient (Wildman–Crippen LogP) is 3.20. The van der Waals surface area contributed by atoms with Crippen LogP contribution >= 0.6 is 0 Å². The van der Waals surface area contributed by atoms with E-state index in [4.69, 9.17) is 0 Å². The van der Waals surface area contributed by atoms with Gasteiger partial charge in [0.1, 0.15) is 12.1 Å². The highest BCUT2D eigenvalue weighted by atomic mass is 15.0. The number of hydrogen-bond donors (Lipinski definition) is 1. The third-order valence-electron chi connectivity index (χ3n) is 3.07. The maximum absolute atomic E-state index is 4.25. The lowest BCUT2D eigenvalue weighted by Gasteiger charge is -2.08. The van der Waals surface area contributed by atoms with Crippen molar-refractivity contribution in [2.75, 3.05) is 11.9 Å². The van der Waals surface area contributed by atoms with E-state index in [2.05, 4.69) is 35.2 Å². The van der Waals surface area contributed by atoms with Gasteiger partial charge in [0.2, 0.25) is 0 Å². The van der Waals surface area contributed by atoms with Crippen LogP contribution in [0.2, 0.25) is 0 Å². The van der Waals surface area contributed by atoms with Crippen LogP contribution in [0.1, 0.15) is 51.1 Å². The maximum Gasteiger partial charge on any atom is 0.129 e. The zero-order valence-corrected chi connectivity index (χ0v) is 10.2. The van der Waals surface area contributed by atoms with Crippen molar-refractivity contribution < 1.29 is 0 Å². The van der Waals surface area contributed by atoms with Crippen molar-refractivity contribution in [3.05, 3.63) is 18.1 Å². The summed E-state index contributed by atoms with van der Waals surface area (Å²) in [6.07, 6.45) is 7.18. The Morgan fingerprint density at radius 3 is 2.88 bits per heavy atom. The first kappa shape index (κ1) is 11.4. The highest BCUT2D eigenvalue weighted by Gasteiger charge is 2.19.